The molecule has 0 saturated carbocycles. The van der Waals surface area contributed by atoms with Gasteiger partial charge in [0.2, 0.25) is 5.88 Å². The third-order valence-electron chi connectivity index (χ3n) is 3.69. The highest BCUT2D eigenvalue weighted by atomic mass is 16.5. The summed E-state index contributed by atoms with van der Waals surface area (Å²) in [6.45, 7) is 3.59. The number of nitrogens with zero attached hydrogens (tertiary/aromatic N) is 2. The number of carbonyl (C=O) groups is 1. The molecule has 0 atom stereocenters. The molecule has 3 rings (SSSR count). The van der Waals surface area contributed by atoms with Gasteiger partial charge in [0.05, 0.1) is 6.61 Å². The first kappa shape index (κ1) is 14.4. The lowest BCUT2D eigenvalue weighted by atomic mass is 10.2. The molecule has 0 radical (unpaired) electrons. The maximum absolute atomic E-state index is 12.4. The highest BCUT2D eigenvalue weighted by molar-refractivity contribution is 5.94. The molecular weight excluding hydrogens is 278 g/mol. The highest BCUT2D eigenvalue weighted by Gasteiger charge is 2.23. The van der Waals surface area contributed by atoms with Crippen LogP contribution in [0.1, 0.15) is 18.1 Å². The summed E-state index contributed by atoms with van der Waals surface area (Å²) < 4.78 is 5.48. The summed E-state index contributed by atoms with van der Waals surface area (Å²) in [5, 5.41) is 2.95. The SMILES string of the molecule is CCOc1ncccc1CNC(=O)N1CCc2ccccc21. The number of benzene rings is 1. The van der Waals surface area contributed by atoms with E-state index in [1.165, 1.54) is 5.56 Å². The molecular formula is C17H19N3O2. The van der Waals surface area contributed by atoms with Crippen LogP contribution in [0.2, 0.25) is 0 Å². The minimum absolute atomic E-state index is 0.0868. The molecule has 1 aliphatic rings. The van der Waals surface area contributed by atoms with Gasteiger partial charge in [-0.3, -0.25) is 4.90 Å². The Labute approximate surface area is 129 Å². The zero-order chi connectivity index (χ0) is 15.4. The van der Waals surface area contributed by atoms with Crippen LogP contribution < -0.4 is 15.0 Å². The van der Waals surface area contributed by atoms with Gasteiger partial charge in [-0.05, 0) is 31.0 Å². The van der Waals surface area contributed by atoms with Gasteiger partial charge < -0.3 is 10.1 Å². The normalized spacial score (nSPS) is 12.9. The Morgan fingerprint density at radius 2 is 2.18 bits per heavy atom. The quantitative estimate of drug-likeness (QED) is 0.944. The van der Waals surface area contributed by atoms with Crippen LogP contribution >= 0.6 is 0 Å². The minimum atomic E-state index is -0.0868. The van der Waals surface area contributed by atoms with E-state index in [-0.39, 0.29) is 6.03 Å². The Kier molecular flexibility index (Phi) is 4.23. The highest BCUT2D eigenvalue weighted by Crippen LogP contribution is 2.27. The second-order valence-corrected chi connectivity index (χ2v) is 5.09. The predicted octanol–water partition coefficient (Wildman–Crippen LogP) is 2.75. The molecule has 1 aliphatic heterocycles. The number of hydrogen-bond acceptors (Lipinski definition) is 3. The van der Waals surface area contributed by atoms with Crippen molar-refractivity contribution in [1.29, 1.82) is 0 Å². The lowest BCUT2D eigenvalue weighted by Gasteiger charge is -2.18. The fraction of sp³-hybridized carbons (Fsp3) is 0.294. The smallest absolute Gasteiger partial charge is 0.322 e. The molecule has 0 aliphatic carbocycles. The Hall–Kier alpha value is -2.56. The summed E-state index contributed by atoms with van der Waals surface area (Å²) in [5.74, 6) is 0.576. The van der Waals surface area contributed by atoms with Gasteiger partial charge >= 0.3 is 6.03 Å². The van der Waals surface area contributed by atoms with Crippen LogP contribution in [0.15, 0.2) is 42.6 Å². The third kappa shape index (κ3) is 2.88. The van der Waals surface area contributed by atoms with Crippen LogP contribution in [0.4, 0.5) is 10.5 Å². The van der Waals surface area contributed by atoms with E-state index < -0.39 is 0 Å². The lowest BCUT2D eigenvalue weighted by molar-refractivity contribution is 0.246. The molecule has 0 saturated heterocycles. The summed E-state index contributed by atoms with van der Waals surface area (Å²) in [5.41, 5.74) is 3.09. The van der Waals surface area contributed by atoms with E-state index in [0.717, 1.165) is 24.2 Å². The van der Waals surface area contributed by atoms with Crippen LogP contribution in [-0.2, 0) is 13.0 Å². The van der Waals surface area contributed by atoms with Gasteiger partial charge in [-0.15, -0.1) is 0 Å². The maximum Gasteiger partial charge on any atom is 0.322 e. The minimum Gasteiger partial charge on any atom is -0.478 e. The number of para-hydroxylation sites is 1. The number of urea groups is 1. The molecule has 0 spiro atoms. The van der Waals surface area contributed by atoms with E-state index in [2.05, 4.69) is 16.4 Å². The number of rotatable bonds is 4. The summed E-state index contributed by atoms with van der Waals surface area (Å²) in [7, 11) is 0. The predicted molar refractivity (Wildman–Crippen MR) is 85.1 cm³/mol. The van der Waals surface area contributed by atoms with E-state index in [1.807, 2.05) is 37.3 Å². The number of ether oxygens (including phenoxy) is 1. The Morgan fingerprint density at radius 3 is 3.05 bits per heavy atom. The average Bonchev–Trinajstić information content (AvgIpc) is 2.98. The van der Waals surface area contributed by atoms with Crippen molar-refractivity contribution >= 4 is 11.7 Å². The molecule has 114 valence electrons. The molecule has 5 nitrogen and oxygen atoms in total. The van der Waals surface area contributed by atoms with Gasteiger partial charge in [0.15, 0.2) is 0 Å². The first-order valence-electron chi connectivity index (χ1n) is 7.49. The standard InChI is InChI=1S/C17H19N3O2/c1-2-22-16-14(7-5-10-18-16)12-19-17(21)20-11-9-13-6-3-4-8-15(13)20/h3-8,10H,2,9,11-12H2,1H3,(H,19,21). The second-order valence-electron chi connectivity index (χ2n) is 5.09. The van der Waals surface area contributed by atoms with Crippen LogP contribution in [0.25, 0.3) is 0 Å². The van der Waals surface area contributed by atoms with Gasteiger partial charge in [0.1, 0.15) is 0 Å². The van der Waals surface area contributed by atoms with Crippen molar-refractivity contribution in [3.8, 4) is 5.88 Å². The summed E-state index contributed by atoms with van der Waals surface area (Å²) in [6.07, 6.45) is 2.59. The lowest BCUT2D eigenvalue weighted by Crippen LogP contribution is -2.38. The largest absolute Gasteiger partial charge is 0.478 e. The van der Waals surface area contributed by atoms with Crippen LogP contribution in [-0.4, -0.2) is 24.2 Å². The zero-order valence-electron chi connectivity index (χ0n) is 12.6. The number of pyridine rings is 1. The summed E-state index contributed by atoms with van der Waals surface area (Å²) in [4.78, 5) is 18.4. The molecule has 0 bridgehead atoms. The van der Waals surface area contributed by atoms with Gasteiger partial charge in [-0.2, -0.15) is 0 Å². The maximum atomic E-state index is 12.4. The van der Waals surface area contributed by atoms with Crippen molar-refractivity contribution in [1.82, 2.24) is 10.3 Å². The topological polar surface area (TPSA) is 54.5 Å². The fourth-order valence-electron chi connectivity index (χ4n) is 2.64. The Bertz CT molecular complexity index is 672. The summed E-state index contributed by atoms with van der Waals surface area (Å²) in [6, 6.07) is 11.7. The van der Waals surface area contributed by atoms with Crippen molar-refractivity contribution in [2.24, 2.45) is 0 Å². The van der Waals surface area contributed by atoms with Crippen molar-refractivity contribution in [2.75, 3.05) is 18.1 Å². The third-order valence-corrected chi connectivity index (χ3v) is 3.69. The van der Waals surface area contributed by atoms with Crippen LogP contribution in [0, 0.1) is 0 Å². The molecule has 22 heavy (non-hydrogen) atoms. The van der Waals surface area contributed by atoms with Crippen molar-refractivity contribution in [3.63, 3.8) is 0 Å². The van der Waals surface area contributed by atoms with Crippen LogP contribution in [0.5, 0.6) is 5.88 Å². The van der Waals surface area contributed by atoms with E-state index in [0.29, 0.717) is 19.0 Å². The number of carbonyl (C=O) groups excluding carboxylic acids is 1. The Balaban J connectivity index is 1.67. The second kappa shape index (κ2) is 6.47. The van der Waals surface area contributed by atoms with Gasteiger partial charge in [0, 0.05) is 30.5 Å². The summed E-state index contributed by atoms with van der Waals surface area (Å²) >= 11 is 0. The first-order valence-corrected chi connectivity index (χ1v) is 7.49. The van der Waals surface area contributed by atoms with Crippen LogP contribution in [0.3, 0.4) is 0 Å². The molecule has 0 fully saturated rings. The number of fused-ring (bicyclic) bond motifs is 1. The molecule has 2 aromatic rings. The van der Waals surface area contributed by atoms with Gasteiger partial charge in [-0.25, -0.2) is 9.78 Å². The molecule has 1 N–H and O–H groups in total. The van der Waals surface area contributed by atoms with Gasteiger partial charge in [-0.1, -0.05) is 24.3 Å². The monoisotopic (exact) mass is 297 g/mol. The number of anilines is 1. The first-order chi connectivity index (χ1) is 10.8. The Morgan fingerprint density at radius 1 is 1.32 bits per heavy atom. The molecule has 5 heteroatoms. The van der Waals surface area contributed by atoms with E-state index >= 15 is 0 Å². The molecule has 2 amide bonds. The molecule has 0 unspecified atom stereocenters. The van der Waals surface area contributed by atoms with Crippen molar-refractivity contribution < 1.29 is 9.53 Å². The molecule has 1 aromatic heterocycles. The zero-order valence-corrected chi connectivity index (χ0v) is 12.6. The van der Waals surface area contributed by atoms with Crippen molar-refractivity contribution in [3.05, 3.63) is 53.7 Å². The fourth-order valence-corrected chi connectivity index (χ4v) is 2.64. The number of aromatic nitrogens is 1. The van der Waals surface area contributed by atoms with E-state index in [9.17, 15) is 4.79 Å². The number of amides is 2. The van der Waals surface area contributed by atoms with E-state index in [4.69, 9.17) is 4.74 Å². The van der Waals surface area contributed by atoms with Gasteiger partial charge in [0.25, 0.3) is 0 Å². The molecule has 1 aromatic carbocycles. The average molecular weight is 297 g/mol. The molecule has 2 heterocycles. The number of hydrogen-bond donors (Lipinski definition) is 1. The van der Waals surface area contributed by atoms with E-state index in [1.54, 1.807) is 11.1 Å². The van der Waals surface area contributed by atoms with Crippen molar-refractivity contribution in [2.45, 2.75) is 19.9 Å². The number of nitrogens with one attached hydrogen (secondary N) is 1.